The molecular weight excluding hydrogens is 528 g/mol. The van der Waals surface area contributed by atoms with E-state index in [-0.39, 0.29) is 31.3 Å². The summed E-state index contributed by atoms with van der Waals surface area (Å²) in [7, 11) is 2.03. The molecule has 0 fully saturated rings. The van der Waals surface area contributed by atoms with E-state index in [1.165, 1.54) is 5.56 Å². The Kier molecular flexibility index (Phi) is 9.36. The van der Waals surface area contributed by atoms with Crippen molar-refractivity contribution in [2.75, 3.05) is 18.5 Å². The number of pyridine rings is 1. The van der Waals surface area contributed by atoms with Gasteiger partial charge in [-0.1, -0.05) is 18.2 Å². The molecule has 0 saturated heterocycles. The maximum Gasteiger partial charge on any atom is 0.260 e. The second-order valence-electron chi connectivity index (χ2n) is 9.42. The Hall–Kier alpha value is -4.41. The number of hydrogen-bond acceptors (Lipinski definition) is 7. The van der Waals surface area contributed by atoms with Crippen LogP contribution in [0.25, 0.3) is 5.52 Å². The molecule has 40 heavy (non-hydrogen) atoms. The first-order valence-corrected chi connectivity index (χ1v) is 12.9. The number of allylic oxidation sites excluding steroid dienone is 2. The number of halogens is 1. The summed E-state index contributed by atoms with van der Waals surface area (Å²) in [5, 5.41) is 25.4. The van der Waals surface area contributed by atoms with Gasteiger partial charge >= 0.3 is 0 Å². The van der Waals surface area contributed by atoms with E-state index in [1.807, 2.05) is 37.4 Å². The van der Waals surface area contributed by atoms with E-state index in [2.05, 4.69) is 50.4 Å². The molecule has 0 saturated carbocycles. The van der Waals surface area contributed by atoms with Crippen LogP contribution in [-0.4, -0.2) is 43.9 Å². The summed E-state index contributed by atoms with van der Waals surface area (Å²) in [6.07, 6.45) is 14.6. The van der Waals surface area contributed by atoms with Crippen LogP contribution in [0.2, 0.25) is 0 Å². The summed E-state index contributed by atoms with van der Waals surface area (Å²) in [5.74, 6) is 0.303. The second-order valence-corrected chi connectivity index (χ2v) is 9.42. The number of aryl methyl sites for hydroxylation is 3. The van der Waals surface area contributed by atoms with Crippen molar-refractivity contribution in [1.29, 1.82) is 5.41 Å². The molecule has 0 spiro atoms. The number of aliphatic hydroxyl groups is 1. The Balaban J connectivity index is 0.00000370. The zero-order valence-electron chi connectivity index (χ0n) is 22.3. The lowest BCUT2D eigenvalue weighted by atomic mass is 10.0. The molecule has 1 aromatic carbocycles. The second kappa shape index (κ2) is 13.1. The van der Waals surface area contributed by atoms with Gasteiger partial charge in [-0.2, -0.15) is 0 Å². The Morgan fingerprint density at radius 1 is 1.12 bits per heavy atom. The standard InChI is InChI=1S/C29H33N8O2.ClH/c1-35-14-15-36(20-35)12-4-2-6-21-8-10-22(11-9-21)32-25-19-26(24(31)18-23(25)30)33-28-27-7-3-5-13-37(27)34-29(28)39-17-16-38;/h3,5,7-11,13-15,18-20,30,32,38H,2,4,6,12,16-17,31H2,1H3;1H/q+1;. The molecule has 0 amide bonds. The number of nitrogens with one attached hydrogen (secondary N) is 2. The van der Waals surface area contributed by atoms with Gasteiger partial charge in [0, 0.05) is 11.9 Å². The third-order valence-corrected chi connectivity index (χ3v) is 6.40. The lowest BCUT2D eigenvalue weighted by Crippen LogP contribution is -2.23. The van der Waals surface area contributed by atoms with Crippen LogP contribution < -0.4 is 20.4 Å². The van der Waals surface area contributed by atoms with Crippen molar-refractivity contribution in [3.05, 3.63) is 96.5 Å². The highest BCUT2D eigenvalue weighted by atomic mass is 35.5. The van der Waals surface area contributed by atoms with Crippen molar-refractivity contribution in [2.24, 2.45) is 17.8 Å². The molecule has 11 heteroatoms. The van der Waals surface area contributed by atoms with Gasteiger partial charge in [0.25, 0.3) is 5.88 Å². The molecule has 1 aliphatic rings. The summed E-state index contributed by atoms with van der Waals surface area (Å²) in [5.41, 5.74) is 11.4. The molecule has 1 aliphatic carbocycles. The van der Waals surface area contributed by atoms with Gasteiger partial charge in [-0.25, -0.2) is 18.6 Å². The van der Waals surface area contributed by atoms with Crippen molar-refractivity contribution in [3.8, 4) is 5.88 Å². The average Bonchev–Trinajstić information content (AvgIpc) is 3.51. The number of aromatic nitrogens is 4. The highest BCUT2D eigenvalue weighted by Gasteiger charge is 2.19. The number of rotatable bonds is 11. The lowest BCUT2D eigenvalue weighted by molar-refractivity contribution is -0.671. The molecule has 0 bridgehead atoms. The third-order valence-electron chi connectivity index (χ3n) is 6.40. The van der Waals surface area contributed by atoms with Crippen molar-refractivity contribution < 1.29 is 14.4 Å². The Morgan fingerprint density at radius 3 is 2.70 bits per heavy atom. The maximum absolute atomic E-state index is 9.21. The quantitative estimate of drug-likeness (QED) is 0.126. The fourth-order valence-electron chi connectivity index (χ4n) is 4.40. The summed E-state index contributed by atoms with van der Waals surface area (Å²) in [6.45, 7) is 0.979. The van der Waals surface area contributed by atoms with Crippen LogP contribution in [0.3, 0.4) is 0 Å². The van der Waals surface area contributed by atoms with Crippen LogP contribution in [0.5, 0.6) is 5.88 Å². The number of benzene rings is 1. The molecule has 3 heterocycles. The van der Waals surface area contributed by atoms with Crippen molar-refractivity contribution in [1.82, 2.24) is 14.2 Å². The van der Waals surface area contributed by atoms with Crippen molar-refractivity contribution >= 4 is 40.7 Å². The topological polar surface area (TPSA) is 130 Å². The molecule has 4 aromatic rings. The molecule has 5 N–H and O–H groups in total. The predicted molar refractivity (Wildman–Crippen MR) is 159 cm³/mol. The third kappa shape index (κ3) is 6.77. The maximum atomic E-state index is 9.21. The van der Waals surface area contributed by atoms with E-state index < -0.39 is 0 Å². The van der Waals surface area contributed by atoms with Crippen LogP contribution in [0, 0.1) is 5.41 Å². The van der Waals surface area contributed by atoms with Gasteiger partial charge in [0.15, 0.2) is 5.69 Å². The average molecular weight is 562 g/mol. The molecule has 0 aliphatic heterocycles. The molecular formula is C29H34ClN8O2+. The molecule has 208 valence electrons. The van der Waals surface area contributed by atoms with Crippen molar-refractivity contribution in [3.63, 3.8) is 0 Å². The Bertz CT molecular complexity index is 1570. The fraction of sp³-hybridized carbons (Fsp3) is 0.241. The number of hydrogen-bond donors (Lipinski definition) is 4. The van der Waals surface area contributed by atoms with E-state index in [1.54, 1.807) is 22.9 Å². The largest absolute Gasteiger partial charge is 0.473 e. The Morgan fingerprint density at radius 2 is 1.95 bits per heavy atom. The summed E-state index contributed by atoms with van der Waals surface area (Å²) < 4.78 is 11.6. The van der Waals surface area contributed by atoms with E-state index in [0.717, 1.165) is 37.0 Å². The predicted octanol–water partition coefficient (Wildman–Crippen LogP) is 3.72. The number of ether oxygens (including phenoxy) is 1. The van der Waals surface area contributed by atoms with E-state index in [9.17, 15) is 5.11 Å². The molecule has 0 radical (unpaired) electrons. The zero-order valence-corrected chi connectivity index (χ0v) is 23.1. The fourth-order valence-corrected chi connectivity index (χ4v) is 4.40. The van der Waals surface area contributed by atoms with Crippen LogP contribution in [-0.2, 0) is 20.0 Å². The van der Waals surface area contributed by atoms with Crippen LogP contribution in [0.1, 0.15) is 18.4 Å². The van der Waals surface area contributed by atoms with Gasteiger partial charge in [-0.15, -0.1) is 17.5 Å². The number of nitrogens with zero attached hydrogens (tertiary/aromatic N) is 5. The molecule has 5 rings (SSSR count). The number of fused-ring (bicyclic) bond motifs is 1. The minimum atomic E-state index is -0.136. The highest BCUT2D eigenvalue weighted by molar-refractivity contribution is 6.24. The molecule has 10 nitrogen and oxygen atoms in total. The number of anilines is 1. The molecule has 3 aromatic heterocycles. The smallest absolute Gasteiger partial charge is 0.260 e. The number of imidazole rings is 1. The number of aliphatic imine (C=N–C) groups is 1. The van der Waals surface area contributed by atoms with Crippen LogP contribution in [0.4, 0.5) is 11.4 Å². The Labute approximate surface area is 239 Å². The van der Waals surface area contributed by atoms with Gasteiger partial charge in [0.1, 0.15) is 19.0 Å². The summed E-state index contributed by atoms with van der Waals surface area (Å²) in [4.78, 5) is 4.76. The van der Waals surface area contributed by atoms with Crippen LogP contribution >= 0.6 is 12.4 Å². The minimum absolute atomic E-state index is 0. The SMILES string of the molecule is C[n+]1ccn(CCCCc2ccc(NC3=CC(=Nc4c(OCCO)nn5ccccc45)C(N)=CC3=N)cc2)c1.Cl. The summed E-state index contributed by atoms with van der Waals surface area (Å²) >= 11 is 0. The lowest BCUT2D eigenvalue weighted by Gasteiger charge is -2.16. The molecule has 0 unspecified atom stereocenters. The van der Waals surface area contributed by atoms with Gasteiger partial charge in [0.05, 0.1) is 48.5 Å². The van der Waals surface area contributed by atoms with Gasteiger partial charge in [0.2, 0.25) is 6.33 Å². The first-order chi connectivity index (χ1) is 19.0. The molecule has 0 atom stereocenters. The number of unbranched alkanes of at least 4 members (excludes halogenated alkanes) is 1. The van der Waals surface area contributed by atoms with E-state index in [0.29, 0.717) is 28.7 Å². The van der Waals surface area contributed by atoms with Gasteiger partial charge in [-0.05, 0) is 61.2 Å². The number of aliphatic hydroxyl groups excluding tert-OH is 1. The van der Waals surface area contributed by atoms with Crippen molar-refractivity contribution in [2.45, 2.75) is 25.8 Å². The van der Waals surface area contributed by atoms with Crippen LogP contribution in [0.15, 0.2) is 95.9 Å². The van der Waals surface area contributed by atoms with Gasteiger partial charge in [-0.3, -0.25) is 5.41 Å². The van der Waals surface area contributed by atoms with E-state index in [4.69, 9.17) is 20.9 Å². The van der Waals surface area contributed by atoms with E-state index >= 15 is 0 Å². The minimum Gasteiger partial charge on any atom is -0.473 e. The highest BCUT2D eigenvalue weighted by Crippen LogP contribution is 2.33. The number of nitrogens with two attached hydrogens (primary N) is 1. The van der Waals surface area contributed by atoms with Gasteiger partial charge < -0.3 is 20.9 Å². The first-order valence-electron chi connectivity index (χ1n) is 12.9. The summed E-state index contributed by atoms with van der Waals surface area (Å²) in [6, 6.07) is 13.9. The normalized spacial score (nSPS) is 14.2. The first kappa shape index (κ1) is 28.6. The zero-order chi connectivity index (χ0) is 27.2. The monoisotopic (exact) mass is 561 g/mol.